The lowest BCUT2D eigenvalue weighted by Crippen LogP contribution is -2.21. The fourth-order valence-corrected chi connectivity index (χ4v) is 4.01. The number of carbonyl (C=O) groups excluding carboxylic acids is 1. The van der Waals surface area contributed by atoms with Gasteiger partial charge in [0.2, 0.25) is 5.91 Å². The Labute approximate surface area is 173 Å². The van der Waals surface area contributed by atoms with Crippen LogP contribution in [0.1, 0.15) is 29.7 Å². The molecule has 152 valence electrons. The SMILES string of the molecule is CCCn1c(S[C@H](C(=O)Nc2cc(C)ccc2OC)c2ccccc2)n[nH]c1=O. The van der Waals surface area contributed by atoms with Gasteiger partial charge >= 0.3 is 5.69 Å². The highest BCUT2D eigenvalue weighted by molar-refractivity contribution is 8.00. The number of amides is 1. The molecule has 0 saturated heterocycles. The Morgan fingerprint density at radius 2 is 2.03 bits per heavy atom. The van der Waals surface area contributed by atoms with E-state index in [1.54, 1.807) is 11.7 Å². The number of rotatable bonds is 8. The Morgan fingerprint density at radius 1 is 1.28 bits per heavy atom. The van der Waals surface area contributed by atoms with E-state index in [1.165, 1.54) is 11.8 Å². The number of aromatic nitrogens is 3. The van der Waals surface area contributed by atoms with Crippen molar-refractivity contribution in [3.05, 3.63) is 70.1 Å². The van der Waals surface area contributed by atoms with Crippen LogP contribution >= 0.6 is 11.8 Å². The van der Waals surface area contributed by atoms with Gasteiger partial charge < -0.3 is 10.1 Å². The smallest absolute Gasteiger partial charge is 0.343 e. The minimum atomic E-state index is -0.591. The third kappa shape index (κ3) is 4.89. The second-order valence-corrected chi connectivity index (χ2v) is 7.64. The Kier molecular flexibility index (Phi) is 6.77. The van der Waals surface area contributed by atoms with Crippen LogP contribution in [0, 0.1) is 6.92 Å². The van der Waals surface area contributed by atoms with Gasteiger partial charge in [0.1, 0.15) is 11.0 Å². The molecule has 8 heteroatoms. The lowest BCUT2D eigenvalue weighted by atomic mass is 10.1. The predicted molar refractivity (Wildman–Crippen MR) is 115 cm³/mol. The first-order chi connectivity index (χ1) is 14.0. The average Bonchev–Trinajstić information content (AvgIpc) is 3.06. The topological polar surface area (TPSA) is 89.0 Å². The third-order valence-corrected chi connectivity index (χ3v) is 5.59. The van der Waals surface area contributed by atoms with Gasteiger partial charge in [-0.3, -0.25) is 9.36 Å². The zero-order chi connectivity index (χ0) is 20.8. The van der Waals surface area contributed by atoms with Crippen molar-refractivity contribution in [3.63, 3.8) is 0 Å². The molecular weight excluding hydrogens is 388 g/mol. The van der Waals surface area contributed by atoms with E-state index in [2.05, 4.69) is 15.5 Å². The van der Waals surface area contributed by atoms with Crippen LogP contribution in [0.4, 0.5) is 5.69 Å². The number of ether oxygens (including phenoxy) is 1. The van der Waals surface area contributed by atoms with Crippen molar-refractivity contribution in [3.8, 4) is 5.75 Å². The Balaban J connectivity index is 1.94. The molecule has 0 spiro atoms. The van der Waals surface area contributed by atoms with Gasteiger partial charge in [0.05, 0.1) is 12.8 Å². The van der Waals surface area contributed by atoms with Crippen LogP contribution in [0.15, 0.2) is 58.5 Å². The van der Waals surface area contributed by atoms with Crippen LogP contribution in [-0.2, 0) is 11.3 Å². The van der Waals surface area contributed by atoms with Crippen molar-refractivity contribution in [1.29, 1.82) is 0 Å². The summed E-state index contributed by atoms with van der Waals surface area (Å²) in [7, 11) is 1.57. The monoisotopic (exact) mass is 412 g/mol. The molecule has 0 fully saturated rings. The largest absolute Gasteiger partial charge is 0.495 e. The van der Waals surface area contributed by atoms with E-state index in [1.807, 2.05) is 62.4 Å². The zero-order valence-corrected chi connectivity index (χ0v) is 17.5. The molecule has 0 aliphatic rings. The number of aromatic amines is 1. The number of nitrogens with one attached hydrogen (secondary N) is 2. The van der Waals surface area contributed by atoms with E-state index < -0.39 is 5.25 Å². The molecule has 0 aliphatic carbocycles. The van der Waals surface area contributed by atoms with E-state index in [0.29, 0.717) is 23.1 Å². The number of carbonyl (C=O) groups is 1. The molecule has 1 heterocycles. The maximum absolute atomic E-state index is 13.3. The molecule has 3 rings (SSSR count). The van der Waals surface area contributed by atoms with Crippen LogP contribution < -0.4 is 15.7 Å². The summed E-state index contributed by atoms with van der Waals surface area (Å²) in [6.45, 7) is 4.47. The molecule has 2 N–H and O–H groups in total. The van der Waals surface area contributed by atoms with Gasteiger partial charge in [-0.25, -0.2) is 9.89 Å². The van der Waals surface area contributed by atoms with Gasteiger partial charge in [-0.1, -0.05) is 55.1 Å². The van der Waals surface area contributed by atoms with E-state index in [9.17, 15) is 9.59 Å². The van der Waals surface area contributed by atoms with E-state index >= 15 is 0 Å². The highest BCUT2D eigenvalue weighted by atomic mass is 32.2. The second-order valence-electron chi connectivity index (χ2n) is 6.56. The summed E-state index contributed by atoms with van der Waals surface area (Å²) in [6.07, 6.45) is 0.787. The maximum Gasteiger partial charge on any atom is 0.343 e. The number of methoxy groups -OCH3 is 1. The van der Waals surface area contributed by atoms with Crippen LogP contribution in [0.2, 0.25) is 0 Å². The number of hydrogen-bond donors (Lipinski definition) is 2. The van der Waals surface area contributed by atoms with Gasteiger partial charge in [0.15, 0.2) is 5.16 Å². The Bertz CT molecular complexity index is 1030. The first-order valence-electron chi connectivity index (χ1n) is 9.35. The second kappa shape index (κ2) is 9.47. The van der Waals surface area contributed by atoms with Crippen molar-refractivity contribution in [2.75, 3.05) is 12.4 Å². The van der Waals surface area contributed by atoms with E-state index in [0.717, 1.165) is 17.5 Å². The first-order valence-corrected chi connectivity index (χ1v) is 10.2. The van der Waals surface area contributed by atoms with Gasteiger partial charge in [0, 0.05) is 6.54 Å². The van der Waals surface area contributed by atoms with Gasteiger partial charge in [-0.05, 0) is 36.6 Å². The average molecular weight is 413 g/mol. The number of thioether (sulfide) groups is 1. The molecule has 0 aliphatic heterocycles. The Morgan fingerprint density at radius 3 is 2.72 bits per heavy atom. The molecule has 0 bridgehead atoms. The highest BCUT2D eigenvalue weighted by Gasteiger charge is 2.26. The summed E-state index contributed by atoms with van der Waals surface area (Å²) >= 11 is 1.24. The van der Waals surface area contributed by atoms with Crippen molar-refractivity contribution < 1.29 is 9.53 Å². The molecule has 0 unspecified atom stereocenters. The number of benzene rings is 2. The first kappa shape index (κ1) is 20.7. The standard InChI is InChI=1S/C21H24N4O3S/c1-4-12-25-20(27)23-24-21(25)29-18(15-8-6-5-7-9-15)19(26)22-16-13-14(2)10-11-17(16)28-3/h5-11,13,18H,4,12H2,1-3H3,(H,22,26)(H,23,27)/t18-/m0/s1. The number of hydrogen-bond acceptors (Lipinski definition) is 5. The number of nitrogens with zero attached hydrogens (tertiary/aromatic N) is 2. The van der Waals surface area contributed by atoms with Gasteiger partial charge in [-0.15, -0.1) is 5.10 Å². The molecule has 0 saturated carbocycles. The predicted octanol–water partition coefficient (Wildman–Crippen LogP) is 3.77. The van der Waals surface area contributed by atoms with Crippen LogP contribution in [-0.4, -0.2) is 27.8 Å². The molecule has 0 radical (unpaired) electrons. The van der Waals surface area contributed by atoms with Gasteiger partial charge in [-0.2, -0.15) is 0 Å². The molecule has 1 amide bonds. The normalized spacial score (nSPS) is 11.8. The number of anilines is 1. The molecule has 2 aromatic carbocycles. The van der Waals surface area contributed by atoms with Gasteiger partial charge in [0.25, 0.3) is 0 Å². The minimum Gasteiger partial charge on any atom is -0.495 e. The minimum absolute atomic E-state index is 0.219. The summed E-state index contributed by atoms with van der Waals surface area (Å²) in [6, 6.07) is 15.0. The van der Waals surface area contributed by atoms with Crippen molar-refractivity contribution in [1.82, 2.24) is 14.8 Å². The van der Waals surface area contributed by atoms with Crippen LogP contribution in [0.25, 0.3) is 0 Å². The lowest BCUT2D eigenvalue weighted by molar-refractivity contribution is -0.115. The van der Waals surface area contributed by atoms with Crippen LogP contribution in [0.3, 0.4) is 0 Å². The highest BCUT2D eigenvalue weighted by Crippen LogP contribution is 2.36. The van der Waals surface area contributed by atoms with E-state index in [4.69, 9.17) is 4.74 Å². The summed E-state index contributed by atoms with van der Waals surface area (Å²) in [4.78, 5) is 25.3. The van der Waals surface area contributed by atoms with Crippen molar-refractivity contribution >= 4 is 23.4 Å². The van der Waals surface area contributed by atoms with Crippen LogP contribution in [0.5, 0.6) is 5.75 Å². The summed E-state index contributed by atoms with van der Waals surface area (Å²) < 4.78 is 6.93. The van der Waals surface area contributed by atoms with Crippen molar-refractivity contribution in [2.24, 2.45) is 0 Å². The lowest BCUT2D eigenvalue weighted by Gasteiger charge is -2.18. The number of H-pyrrole nitrogens is 1. The summed E-state index contributed by atoms with van der Waals surface area (Å²) in [5.41, 5.74) is 2.16. The fourth-order valence-electron chi connectivity index (χ4n) is 2.94. The maximum atomic E-state index is 13.3. The molecule has 1 aromatic heterocycles. The quantitative estimate of drug-likeness (QED) is 0.550. The molecule has 7 nitrogen and oxygen atoms in total. The Hall–Kier alpha value is -3.00. The fraction of sp³-hybridized carbons (Fsp3) is 0.286. The zero-order valence-electron chi connectivity index (χ0n) is 16.6. The summed E-state index contributed by atoms with van der Waals surface area (Å²) in [5, 5.41) is 9.46. The molecule has 3 aromatic rings. The molecular formula is C21H24N4O3S. The third-order valence-electron chi connectivity index (χ3n) is 4.35. The molecule has 29 heavy (non-hydrogen) atoms. The van der Waals surface area contributed by atoms with E-state index in [-0.39, 0.29) is 11.6 Å². The number of aryl methyl sites for hydroxylation is 1. The summed E-state index contributed by atoms with van der Waals surface area (Å²) in [5.74, 6) is 0.368. The molecule has 1 atom stereocenters. The van der Waals surface area contributed by atoms with Crippen molar-refractivity contribution in [2.45, 2.75) is 37.2 Å².